The van der Waals surface area contributed by atoms with E-state index < -0.39 is 0 Å². The largest absolute Gasteiger partial charge is 0.387 e. The molecule has 0 saturated carbocycles. The van der Waals surface area contributed by atoms with Gasteiger partial charge in [-0.05, 0) is 19.8 Å². The number of rotatable bonds is 6. The standard InChI is InChI=1S/C11H25N3/c1-8(2)6-14(9(3)4)7-10(5)11(12)13/h8-10H,6-7H2,1-5H3,(H3,12,13). The molecule has 1 unspecified atom stereocenters. The minimum atomic E-state index is 0.163. The highest BCUT2D eigenvalue weighted by molar-refractivity contribution is 5.79. The van der Waals surface area contributed by atoms with Crippen molar-refractivity contribution < 1.29 is 0 Å². The van der Waals surface area contributed by atoms with E-state index >= 15 is 0 Å². The highest BCUT2D eigenvalue weighted by Crippen LogP contribution is 2.07. The van der Waals surface area contributed by atoms with Crippen LogP contribution in [0.25, 0.3) is 0 Å². The average molecular weight is 199 g/mol. The first-order valence-electron chi connectivity index (χ1n) is 5.42. The third-order valence-electron chi connectivity index (χ3n) is 2.37. The average Bonchev–Trinajstić information content (AvgIpc) is 2.01. The third-order valence-corrected chi connectivity index (χ3v) is 2.37. The summed E-state index contributed by atoms with van der Waals surface area (Å²) in [5.74, 6) is 1.12. The number of hydrogen-bond acceptors (Lipinski definition) is 2. The van der Waals surface area contributed by atoms with Gasteiger partial charge in [-0.3, -0.25) is 10.3 Å². The van der Waals surface area contributed by atoms with Gasteiger partial charge in [0.05, 0.1) is 5.84 Å². The quantitative estimate of drug-likeness (QED) is 0.507. The molecule has 3 N–H and O–H groups in total. The van der Waals surface area contributed by atoms with Crippen molar-refractivity contribution in [2.75, 3.05) is 13.1 Å². The Balaban J connectivity index is 4.16. The Bertz CT molecular complexity index is 175. The van der Waals surface area contributed by atoms with Gasteiger partial charge in [0.15, 0.2) is 0 Å². The smallest absolute Gasteiger partial charge is 0.0947 e. The van der Waals surface area contributed by atoms with E-state index in [1.54, 1.807) is 0 Å². The van der Waals surface area contributed by atoms with Gasteiger partial charge in [-0.25, -0.2) is 0 Å². The van der Waals surface area contributed by atoms with E-state index in [-0.39, 0.29) is 5.92 Å². The molecule has 0 heterocycles. The van der Waals surface area contributed by atoms with Gasteiger partial charge in [-0.2, -0.15) is 0 Å². The zero-order valence-electron chi connectivity index (χ0n) is 10.2. The first kappa shape index (κ1) is 13.4. The maximum absolute atomic E-state index is 7.37. The molecule has 14 heavy (non-hydrogen) atoms. The summed E-state index contributed by atoms with van der Waals surface area (Å²) in [6.07, 6.45) is 0. The Morgan fingerprint density at radius 3 is 1.93 bits per heavy atom. The normalized spacial score (nSPS) is 14.0. The molecule has 3 heteroatoms. The minimum Gasteiger partial charge on any atom is -0.387 e. The SMILES string of the molecule is CC(C)CN(CC(C)C(=N)N)C(C)C. The topological polar surface area (TPSA) is 53.1 Å². The van der Waals surface area contributed by atoms with Crippen LogP contribution in [-0.2, 0) is 0 Å². The van der Waals surface area contributed by atoms with Crippen molar-refractivity contribution >= 4 is 5.84 Å². The zero-order valence-corrected chi connectivity index (χ0v) is 10.2. The predicted octanol–water partition coefficient (Wildman–Crippen LogP) is 1.92. The van der Waals surface area contributed by atoms with Gasteiger partial charge < -0.3 is 5.73 Å². The molecular formula is C11H25N3. The van der Waals surface area contributed by atoms with Gasteiger partial charge in [0.2, 0.25) is 0 Å². The number of amidine groups is 1. The van der Waals surface area contributed by atoms with Crippen molar-refractivity contribution in [2.45, 2.75) is 40.7 Å². The summed E-state index contributed by atoms with van der Waals surface area (Å²) >= 11 is 0. The molecule has 0 aromatic rings. The number of hydrogen-bond donors (Lipinski definition) is 2. The van der Waals surface area contributed by atoms with Crippen LogP contribution in [0.2, 0.25) is 0 Å². The summed E-state index contributed by atoms with van der Waals surface area (Å²) in [5, 5.41) is 7.37. The van der Waals surface area contributed by atoms with Crippen LogP contribution in [-0.4, -0.2) is 29.9 Å². The molecule has 1 atom stereocenters. The molecule has 0 amide bonds. The molecule has 0 rings (SSSR count). The van der Waals surface area contributed by atoms with Crippen LogP contribution in [0.3, 0.4) is 0 Å². The highest BCUT2D eigenvalue weighted by atomic mass is 15.1. The summed E-state index contributed by atoms with van der Waals surface area (Å²) in [4.78, 5) is 2.39. The zero-order chi connectivity index (χ0) is 11.3. The summed E-state index contributed by atoms with van der Waals surface area (Å²) < 4.78 is 0. The van der Waals surface area contributed by atoms with Crippen LogP contribution in [0.5, 0.6) is 0 Å². The van der Waals surface area contributed by atoms with E-state index in [4.69, 9.17) is 11.1 Å². The Labute approximate surface area is 88.2 Å². The van der Waals surface area contributed by atoms with Crippen molar-refractivity contribution in [1.82, 2.24) is 4.90 Å². The summed E-state index contributed by atoms with van der Waals surface area (Å²) in [5.41, 5.74) is 5.47. The van der Waals surface area contributed by atoms with E-state index in [2.05, 4.69) is 32.6 Å². The van der Waals surface area contributed by atoms with Gasteiger partial charge in [-0.15, -0.1) is 0 Å². The Morgan fingerprint density at radius 1 is 1.14 bits per heavy atom. The lowest BCUT2D eigenvalue weighted by Crippen LogP contribution is -2.40. The van der Waals surface area contributed by atoms with Crippen LogP contribution >= 0.6 is 0 Å². The van der Waals surface area contributed by atoms with Crippen molar-refractivity contribution in [1.29, 1.82) is 5.41 Å². The molecular weight excluding hydrogens is 174 g/mol. The van der Waals surface area contributed by atoms with Crippen LogP contribution in [0, 0.1) is 17.2 Å². The second-order valence-electron chi connectivity index (χ2n) is 4.80. The first-order chi connectivity index (χ1) is 6.34. The molecule has 0 aliphatic rings. The fraction of sp³-hybridized carbons (Fsp3) is 0.909. The van der Waals surface area contributed by atoms with E-state index in [9.17, 15) is 0 Å². The highest BCUT2D eigenvalue weighted by Gasteiger charge is 2.15. The number of nitrogens with two attached hydrogens (primary N) is 1. The van der Waals surface area contributed by atoms with E-state index in [1.807, 2.05) is 6.92 Å². The maximum atomic E-state index is 7.37. The number of nitrogens with zero attached hydrogens (tertiary/aromatic N) is 1. The van der Waals surface area contributed by atoms with Gasteiger partial charge in [-0.1, -0.05) is 20.8 Å². The Kier molecular flexibility index (Phi) is 5.77. The molecule has 0 bridgehead atoms. The maximum Gasteiger partial charge on any atom is 0.0947 e. The predicted molar refractivity (Wildman–Crippen MR) is 62.6 cm³/mol. The van der Waals surface area contributed by atoms with Gasteiger partial charge in [0, 0.05) is 25.0 Å². The van der Waals surface area contributed by atoms with Gasteiger partial charge in [0.1, 0.15) is 0 Å². The second-order valence-corrected chi connectivity index (χ2v) is 4.80. The Hall–Kier alpha value is -0.570. The van der Waals surface area contributed by atoms with Gasteiger partial charge in [0.25, 0.3) is 0 Å². The molecule has 3 nitrogen and oxygen atoms in total. The van der Waals surface area contributed by atoms with Crippen molar-refractivity contribution in [3.63, 3.8) is 0 Å². The second kappa shape index (κ2) is 6.02. The molecule has 0 spiro atoms. The van der Waals surface area contributed by atoms with Gasteiger partial charge >= 0.3 is 0 Å². The molecule has 0 fully saturated rings. The molecule has 0 aliphatic carbocycles. The molecule has 0 aromatic heterocycles. The molecule has 0 aromatic carbocycles. The Morgan fingerprint density at radius 2 is 1.64 bits per heavy atom. The van der Waals surface area contributed by atoms with E-state index in [0.29, 0.717) is 17.8 Å². The monoisotopic (exact) mass is 199 g/mol. The molecule has 84 valence electrons. The van der Waals surface area contributed by atoms with E-state index in [0.717, 1.165) is 13.1 Å². The molecule has 0 saturated heterocycles. The van der Waals surface area contributed by atoms with Crippen molar-refractivity contribution in [2.24, 2.45) is 17.6 Å². The lowest BCUT2D eigenvalue weighted by molar-refractivity contribution is 0.186. The van der Waals surface area contributed by atoms with Crippen LogP contribution < -0.4 is 5.73 Å². The summed E-state index contributed by atoms with van der Waals surface area (Å²) in [6, 6.07) is 0.527. The van der Waals surface area contributed by atoms with E-state index in [1.165, 1.54) is 0 Å². The van der Waals surface area contributed by atoms with Crippen LogP contribution in [0.1, 0.15) is 34.6 Å². The van der Waals surface area contributed by atoms with Crippen molar-refractivity contribution in [3.05, 3.63) is 0 Å². The lowest BCUT2D eigenvalue weighted by atomic mass is 10.1. The fourth-order valence-corrected chi connectivity index (χ4v) is 1.42. The summed E-state index contributed by atoms with van der Waals surface area (Å²) in [6.45, 7) is 12.8. The minimum absolute atomic E-state index is 0.163. The van der Waals surface area contributed by atoms with Crippen LogP contribution in [0.4, 0.5) is 0 Å². The fourth-order valence-electron chi connectivity index (χ4n) is 1.42. The molecule has 0 aliphatic heterocycles. The lowest BCUT2D eigenvalue weighted by Gasteiger charge is -2.30. The molecule has 0 radical (unpaired) electrons. The first-order valence-corrected chi connectivity index (χ1v) is 5.42. The number of nitrogens with one attached hydrogen (secondary N) is 1. The van der Waals surface area contributed by atoms with Crippen LogP contribution in [0.15, 0.2) is 0 Å². The third kappa shape index (κ3) is 5.22. The van der Waals surface area contributed by atoms with Crippen molar-refractivity contribution in [3.8, 4) is 0 Å². The summed E-state index contributed by atoms with van der Waals surface area (Å²) in [7, 11) is 0.